The van der Waals surface area contributed by atoms with E-state index in [1.165, 1.54) is 24.0 Å². The van der Waals surface area contributed by atoms with Crippen molar-refractivity contribution in [3.8, 4) is 0 Å². The Hall–Kier alpha value is -0.850. The summed E-state index contributed by atoms with van der Waals surface area (Å²) in [6.07, 6.45) is 9.28. The first-order chi connectivity index (χ1) is 7.97. The van der Waals surface area contributed by atoms with E-state index in [1.54, 1.807) is 6.08 Å². The van der Waals surface area contributed by atoms with Gasteiger partial charge in [-0.05, 0) is 52.9 Å². The van der Waals surface area contributed by atoms with Crippen LogP contribution in [0.25, 0.3) is 0 Å². The van der Waals surface area contributed by atoms with Crippen molar-refractivity contribution in [1.29, 1.82) is 0 Å². The molecule has 0 aromatic heterocycles. The van der Waals surface area contributed by atoms with Gasteiger partial charge in [-0.25, -0.2) is 4.39 Å². The van der Waals surface area contributed by atoms with E-state index in [0.29, 0.717) is 5.92 Å². The molecule has 0 aliphatic rings. The normalized spacial score (nSPS) is 14.1. The topological polar surface area (TPSA) is 0 Å². The van der Waals surface area contributed by atoms with E-state index < -0.39 is 0 Å². The monoisotopic (exact) mass is 238 g/mol. The largest absolute Gasteiger partial charge is 0.247 e. The molecule has 1 heteroatoms. The second-order valence-electron chi connectivity index (χ2n) is 5.16. The Kier molecular flexibility index (Phi) is 8.75. The van der Waals surface area contributed by atoms with Crippen LogP contribution in [0.3, 0.4) is 0 Å². The summed E-state index contributed by atoms with van der Waals surface area (Å²) in [5.74, 6) is 0.693. The summed E-state index contributed by atoms with van der Waals surface area (Å²) in [7, 11) is 0. The molecule has 0 aliphatic carbocycles. The second-order valence-corrected chi connectivity index (χ2v) is 5.16. The molecule has 0 fully saturated rings. The summed E-state index contributed by atoms with van der Waals surface area (Å²) >= 11 is 0. The first-order valence-electron chi connectivity index (χ1n) is 6.49. The van der Waals surface area contributed by atoms with Crippen LogP contribution in [0.15, 0.2) is 34.9 Å². The lowest BCUT2D eigenvalue weighted by Gasteiger charge is -2.09. The van der Waals surface area contributed by atoms with E-state index in [-0.39, 0.29) is 6.67 Å². The van der Waals surface area contributed by atoms with Crippen LogP contribution in [0.2, 0.25) is 0 Å². The third-order valence-corrected chi connectivity index (χ3v) is 3.18. The molecule has 0 radical (unpaired) electrons. The van der Waals surface area contributed by atoms with Gasteiger partial charge < -0.3 is 0 Å². The van der Waals surface area contributed by atoms with Crippen LogP contribution in [0.1, 0.15) is 53.9 Å². The Morgan fingerprint density at radius 3 is 2.35 bits per heavy atom. The highest BCUT2D eigenvalue weighted by Crippen LogP contribution is 2.17. The number of allylic oxidation sites excluding steroid dienone is 6. The molecule has 0 saturated heterocycles. The van der Waals surface area contributed by atoms with Crippen LogP contribution in [0.4, 0.5) is 4.39 Å². The van der Waals surface area contributed by atoms with Gasteiger partial charge in [-0.3, -0.25) is 0 Å². The van der Waals surface area contributed by atoms with E-state index in [2.05, 4.69) is 33.8 Å². The average molecular weight is 238 g/mol. The fraction of sp³-hybridized carbons (Fsp3) is 0.625. The Morgan fingerprint density at radius 2 is 1.82 bits per heavy atom. The molecule has 0 heterocycles. The summed E-state index contributed by atoms with van der Waals surface area (Å²) in [5, 5.41) is 0. The van der Waals surface area contributed by atoms with Crippen LogP contribution in [-0.4, -0.2) is 6.67 Å². The Labute approximate surface area is 106 Å². The van der Waals surface area contributed by atoms with Crippen molar-refractivity contribution in [3.63, 3.8) is 0 Å². The van der Waals surface area contributed by atoms with Crippen molar-refractivity contribution in [2.24, 2.45) is 5.92 Å². The molecule has 0 saturated carbocycles. The fourth-order valence-corrected chi connectivity index (χ4v) is 1.51. The zero-order valence-electron chi connectivity index (χ0n) is 12.0. The second kappa shape index (κ2) is 9.21. The fourth-order valence-electron chi connectivity index (χ4n) is 1.51. The molecule has 1 atom stereocenters. The van der Waals surface area contributed by atoms with Gasteiger partial charge in [0.1, 0.15) is 6.67 Å². The molecular formula is C16H27F. The maximum atomic E-state index is 12.0. The van der Waals surface area contributed by atoms with Crippen molar-refractivity contribution in [2.75, 3.05) is 6.67 Å². The van der Waals surface area contributed by atoms with E-state index in [1.807, 2.05) is 13.0 Å². The molecule has 98 valence electrons. The first kappa shape index (κ1) is 16.1. The van der Waals surface area contributed by atoms with Crippen molar-refractivity contribution in [2.45, 2.75) is 53.9 Å². The van der Waals surface area contributed by atoms with Crippen LogP contribution in [0, 0.1) is 5.92 Å². The van der Waals surface area contributed by atoms with Crippen molar-refractivity contribution in [3.05, 3.63) is 34.9 Å². The molecule has 0 amide bonds. The van der Waals surface area contributed by atoms with Crippen LogP contribution in [0.5, 0.6) is 0 Å². The zero-order chi connectivity index (χ0) is 13.3. The summed E-state index contributed by atoms with van der Waals surface area (Å²) in [6, 6.07) is 0. The minimum atomic E-state index is -0.370. The van der Waals surface area contributed by atoms with Gasteiger partial charge in [-0.2, -0.15) is 0 Å². The highest BCUT2D eigenvalue weighted by atomic mass is 19.1. The van der Waals surface area contributed by atoms with Crippen LogP contribution in [-0.2, 0) is 0 Å². The van der Waals surface area contributed by atoms with Gasteiger partial charge in [-0.1, -0.05) is 41.9 Å². The standard InChI is InChI=1S/C16H27F/c1-13(2)16(5)10-9-14(3)7-6-8-15(4)11-12-17/h6,8,11,14H,7,9-10,12H2,1-5H3/b8-6+,15-11+. The lowest BCUT2D eigenvalue weighted by Crippen LogP contribution is -1.94. The minimum absolute atomic E-state index is 0.370. The zero-order valence-corrected chi connectivity index (χ0v) is 12.0. The maximum Gasteiger partial charge on any atom is 0.108 e. The van der Waals surface area contributed by atoms with E-state index in [9.17, 15) is 4.39 Å². The van der Waals surface area contributed by atoms with Crippen molar-refractivity contribution in [1.82, 2.24) is 0 Å². The quantitative estimate of drug-likeness (QED) is 0.399. The van der Waals surface area contributed by atoms with Crippen molar-refractivity contribution >= 4 is 0 Å². The Morgan fingerprint density at radius 1 is 1.18 bits per heavy atom. The molecule has 0 bridgehead atoms. The molecule has 0 aromatic carbocycles. The average Bonchev–Trinajstić information content (AvgIpc) is 2.26. The Balaban J connectivity index is 3.92. The van der Waals surface area contributed by atoms with Gasteiger partial charge >= 0.3 is 0 Å². The lowest BCUT2D eigenvalue weighted by atomic mass is 9.97. The summed E-state index contributed by atoms with van der Waals surface area (Å²) in [4.78, 5) is 0. The van der Waals surface area contributed by atoms with Gasteiger partial charge in [0.25, 0.3) is 0 Å². The van der Waals surface area contributed by atoms with Gasteiger partial charge in [0.05, 0.1) is 0 Å². The third kappa shape index (κ3) is 8.91. The van der Waals surface area contributed by atoms with Gasteiger partial charge in [0, 0.05) is 0 Å². The van der Waals surface area contributed by atoms with E-state index in [0.717, 1.165) is 12.0 Å². The smallest absolute Gasteiger partial charge is 0.108 e. The molecule has 1 unspecified atom stereocenters. The molecule has 0 nitrogen and oxygen atoms in total. The van der Waals surface area contributed by atoms with Crippen LogP contribution < -0.4 is 0 Å². The summed E-state index contributed by atoms with van der Waals surface area (Å²) in [6.45, 7) is 10.4. The van der Waals surface area contributed by atoms with Gasteiger partial charge in [0.2, 0.25) is 0 Å². The van der Waals surface area contributed by atoms with Gasteiger partial charge in [0.15, 0.2) is 0 Å². The summed E-state index contributed by atoms with van der Waals surface area (Å²) in [5.41, 5.74) is 3.96. The molecule has 0 spiro atoms. The molecule has 0 aromatic rings. The lowest BCUT2D eigenvalue weighted by molar-refractivity contribution is 0.537. The minimum Gasteiger partial charge on any atom is -0.247 e. The predicted molar refractivity (Wildman–Crippen MR) is 75.9 cm³/mol. The number of hydrogen-bond acceptors (Lipinski definition) is 0. The van der Waals surface area contributed by atoms with E-state index in [4.69, 9.17) is 0 Å². The molecule has 0 N–H and O–H groups in total. The number of halogens is 1. The Bertz CT molecular complexity index is 291. The van der Waals surface area contributed by atoms with Crippen LogP contribution >= 0.6 is 0 Å². The van der Waals surface area contributed by atoms with Gasteiger partial charge in [-0.15, -0.1) is 0 Å². The number of hydrogen-bond donors (Lipinski definition) is 0. The number of alkyl halides is 1. The maximum absolute atomic E-state index is 12.0. The third-order valence-electron chi connectivity index (χ3n) is 3.18. The van der Waals surface area contributed by atoms with E-state index >= 15 is 0 Å². The molecule has 0 rings (SSSR count). The SMILES string of the molecule is CC(C)=C(C)CCC(C)C/C=C/C(C)=C/CF. The highest BCUT2D eigenvalue weighted by molar-refractivity contribution is 5.15. The molecule has 0 aliphatic heterocycles. The number of rotatable bonds is 7. The molecule has 17 heavy (non-hydrogen) atoms. The van der Waals surface area contributed by atoms with Crippen molar-refractivity contribution < 1.29 is 4.39 Å². The predicted octanol–water partition coefficient (Wildman–Crippen LogP) is 5.62. The molecular weight excluding hydrogens is 211 g/mol. The highest BCUT2D eigenvalue weighted by Gasteiger charge is 2.01. The first-order valence-corrected chi connectivity index (χ1v) is 6.49. The summed E-state index contributed by atoms with van der Waals surface area (Å²) < 4.78 is 12.0.